The first kappa shape index (κ1) is 28.1. The van der Waals surface area contributed by atoms with Crippen molar-refractivity contribution in [2.75, 3.05) is 7.11 Å². The summed E-state index contributed by atoms with van der Waals surface area (Å²) in [4.78, 5) is 28.0. The molecule has 38 heavy (non-hydrogen) atoms. The molecule has 1 aliphatic rings. The standard InChI is InChI=1S/C30H28BrNO4S2/c1-30(2,3)22-12-10-19(11-13-22)18-36-24-15-14-23(31)16-21(24)17-25-27(33)32(29(37)38-25)26(28(34)35-4)20-8-6-5-7-9-20/h5-17,26H,18H2,1-4H3/b25-17+. The molecular formula is C30H28BrNO4S2. The smallest absolute Gasteiger partial charge is 0.333 e. The van der Waals surface area contributed by atoms with Gasteiger partial charge in [-0.15, -0.1) is 0 Å². The zero-order valence-corrected chi connectivity index (χ0v) is 24.8. The predicted molar refractivity (Wildman–Crippen MR) is 160 cm³/mol. The minimum Gasteiger partial charge on any atom is -0.488 e. The Morgan fingerprint density at radius 3 is 2.39 bits per heavy atom. The van der Waals surface area contributed by atoms with Gasteiger partial charge in [-0.1, -0.05) is 115 Å². The highest BCUT2D eigenvalue weighted by atomic mass is 79.9. The molecule has 1 heterocycles. The van der Waals surface area contributed by atoms with Crippen LogP contribution in [0.5, 0.6) is 5.75 Å². The number of benzene rings is 3. The van der Waals surface area contributed by atoms with Crippen molar-refractivity contribution in [2.24, 2.45) is 0 Å². The van der Waals surface area contributed by atoms with Crippen molar-refractivity contribution in [3.8, 4) is 5.75 Å². The minimum atomic E-state index is -0.964. The van der Waals surface area contributed by atoms with Crippen molar-refractivity contribution in [3.05, 3.63) is 104 Å². The summed E-state index contributed by atoms with van der Waals surface area (Å²) in [6, 6.07) is 22.1. The second kappa shape index (κ2) is 11.8. The molecule has 1 amide bonds. The van der Waals surface area contributed by atoms with E-state index in [0.717, 1.165) is 27.4 Å². The molecule has 5 nitrogen and oxygen atoms in total. The Balaban J connectivity index is 1.59. The van der Waals surface area contributed by atoms with Crippen LogP contribution in [-0.2, 0) is 26.3 Å². The van der Waals surface area contributed by atoms with E-state index in [4.69, 9.17) is 21.7 Å². The number of carbonyl (C=O) groups excluding carboxylic acids is 2. The molecule has 1 saturated heterocycles. The van der Waals surface area contributed by atoms with Crippen LogP contribution in [0.4, 0.5) is 0 Å². The number of hydrogen-bond acceptors (Lipinski definition) is 6. The Hall–Kier alpha value is -2.94. The van der Waals surface area contributed by atoms with E-state index in [1.165, 1.54) is 17.6 Å². The highest BCUT2D eigenvalue weighted by Crippen LogP contribution is 2.40. The Morgan fingerprint density at radius 2 is 1.76 bits per heavy atom. The van der Waals surface area contributed by atoms with Gasteiger partial charge in [-0.05, 0) is 46.4 Å². The van der Waals surface area contributed by atoms with Gasteiger partial charge in [-0.3, -0.25) is 9.69 Å². The van der Waals surface area contributed by atoms with Crippen molar-refractivity contribution >= 4 is 62.2 Å². The molecule has 0 N–H and O–H groups in total. The summed E-state index contributed by atoms with van der Waals surface area (Å²) >= 11 is 10.2. The van der Waals surface area contributed by atoms with Crippen LogP contribution in [0, 0.1) is 0 Å². The lowest BCUT2D eigenvalue weighted by molar-refractivity contribution is -0.148. The fourth-order valence-electron chi connectivity index (χ4n) is 4.01. The minimum absolute atomic E-state index is 0.0811. The topological polar surface area (TPSA) is 55.8 Å². The first-order valence-electron chi connectivity index (χ1n) is 12.0. The van der Waals surface area contributed by atoms with Crippen molar-refractivity contribution in [1.82, 2.24) is 4.90 Å². The summed E-state index contributed by atoms with van der Waals surface area (Å²) in [6.07, 6.45) is 1.75. The predicted octanol–water partition coefficient (Wildman–Crippen LogP) is 7.44. The number of amides is 1. The Labute approximate surface area is 241 Å². The summed E-state index contributed by atoms with van der Waals surface area (Å²) in [6.45, 7) is 6.93. The lowest BCUT2D eigenvalue weighted by Crippen LogP contribution is -2.37. The monoisotopic (exact) mass is 609 g/mol. The van der Waals surface area contributed by atoms with E-state index >= 15 is 0 Å². The van der Waals surface area contributed by atoms with E-state index in [1.807, 2.05) is 24.3 Å². The molecule has 0 radical (unpaired) electrons. The van der Waals surface area contributed by atoms with Gasteiger partial charge in [0, 0.05) is 10.0 Å². The molecule has 4 rings (SSSR count). The van der Waals surface area contributed by atoms with Gasteiger partial charge in [0.2, 0.25) is 0 Å². The Morgan fingerprint density at radius 1 is 1.08 bits per heavy atom. The van der Waals surface area contributed by atoms with Crippen LogP contribution >= 0.6 is 39.9 Å². The largest absolute Gasteiger partial charge is 0.488 e. The summed E-state index contributed by atoms with van der Waals surface area (Å²) < 4.78 is 12.3. The van der Waals surface area contributed by atoms with Crippen LogP contribution in [0.25, 0.3) is 6.08 Å². The number of esters is 1. The lowest BCUT2D eigenvalue weighted by atomic mass is 9.87. The van der Waals surface area contributed by atoms with Crippen LogP contribution in [-0.4, -0.2) is 28.2 Å². The van der Waals surface area contributed by atoms with Crippen LogP contribution in [0.1, 0.15) is 49.1 Å². The van der Waals surface area contributed by atoms with Gasteiger partial charge < -0.3 is 9.47 Å². The van der Waals surface area contributed by atoms with Crippen LogP contribution < -0.4 is 4.74 Å². The summed E-state index contributed by atoms with van der Waals surface area (Å²) in [5, 5.41) is 0. The quantitative estimate of drug-likeness (QED) is 0.158. The highest BCUT2D eigenvalue weighted by Gasteiger charge is 2.42. The molecule has 0 aromatic heterocycles. The van der Waals surface area contributed by atoms with Gasteiger partial charge >= 0.3 is 5.97 Å². The van der Waals surface area contributed by atoms with E-state index in [-0.39, 0.29) is 15.6 Å². The number of nitrogens with zero attached hydrogens (tertiary/aromatic N) is 1. The van der Waals surface area contributed by atoms with Crippen LogP contribution in [0.3, 0.4) is 0 Å². The number of hydrogen-bond donors (Lipinski definition) is 0. The van der Waals surface area contributed by atoms with Crippen LogP contribution in [0.2, 0.25) is 0 Å². The number of thioether (sulfide) groups is 1. The fourth-order valence-corrected chi connectivity index (χ4v) is 5.69. The van der Waals surface area contributed by atoms with Gasteiger partial charge in [0.1, 0.15) is 16.7 Å². The van der Waals surface area contributed by atoms with Crippen molar-refractivity contribution in [1.29, 1.82) is 0 Å². The molecule has 1 atom stereocenters. The third kappa shape index (κ3) is 6.37. The van der Waals surface area contributed by atoms with Gasteiger partial charge in [-0.2, -0.15) is 0 Å². The number of carbonyl (C=O) groups is 2. The maximum absolute atomic E-state index is 13.5. The zero-order valence-electron chi connectivity index (χ0n) is 21.6. The van der Waals surface area contributed by atoms with Gasteiger partial charge in [0.25, 0.3) is 5.91 Å². The Bertz CT molecular complexity index is 1380. The number of halogens is 1. The molecule has 0 saturated carbocycles. The maximum Gasteiger partial charge on any atom is 0.333 e. The fraction of sp³-hybridized carbons (Fsp3) is 0.233. The number of methoxy groups -OCH3 is 1. The first-order valence-corrected chi connectivity index (χ1v) is 14.0. The van der Waals surface area contributed by atoms with Gasteiger partial charge in [-0.25, -0.2) is 4.79 Å². The first-order chi connectivity index (χ1) is 18.1. The number of thiocarbonyl (C=S) groups is 1. The van der Waals surface area contributed by atoms with E-state index in [1.54, 1.807) is 30.3 Å². The average molecular weight is 611 g/mol. The van der Waals surface area contributed by atoms with Crippen LogP contribution in [0.15, 0.2) is 82.2 Å². The molecule has 3 aromatic carbocycles. The second-order valence-corrected chi connectivity index (χ2v) is 12.4. The molecule has 8 heteroatoms. The molecule has 1 aliphatic heterocycles. The van der Waals surface area contributed by atoms with Gasteiger partial charge in [0.15, 0.2) is 6.04 Å². The second-order valence-electron chi connectivity index (χ2n) is 9.81. The zero-order chi connectivity index (χ0) is 27.4. The summed E-state index contributed by atoms with van der Waals surface area (Å²) in [7, 11) is 1.30. The molecule has 0 bridgehead atoms. The SMILES string of the molecule is COC(=O)C(c1ccccc1)N1C(=O)/C(=C\c2cc(Br)ccc2OCc2ccc(C(C)(C)C)cc2)SC1=S. The highest BCUT2D eigenvalue weighted by molar-refractivity contribution is 9.10. The lowest BCUT2D eigenvalue weighted by Gasteiger charge is -2.24. The van der Waals surface area contributed by atoms with Gasteiger partial charge in [0.05, 0.1) is 12.0 Å². The number of rotatable bonds is 7. The van der Waals surface area contributed by atoms with Crippen molar-refractivity contribution < 1.29 is 19.1 Å². The molecule has 1 unspecified atom stereocenters. The third-order valence-corrected chi connectivity index (χ3v) is 7.92. The van der Waals surface area contributed by atoms with Crippen molar-refractivity contribution in [2.45, 2.75) is 38.8 Å². The Kier molecular flexibility index (Phi) is 8.75. The maximum atomic E-state index is 13.5. The van der Waals surface area contributed by atoms with Crippen molar-refractivity contribution in [3.63, 3.8) is 0 Å². The number of ether oxygens (including phenoxy) is 2. The summed E-state index contributed by atoms with van der Waals surface area (Å²) in [5.74, 6) is -0.286. The molecular weight excluding hydrogens is 582 g/mol. The average Bonchev–Trinajstić information content (AvgIpc) is 3.16. The third-order valence-electron chi connectivity index (χ3n) is 6.09. The molecule has 0 spiro atoms. The van der Waals surface area contributed by atoms with E-state index in [9.17, 15) is 9.59 Å². The molecule has 196 valence electrons. The van der Waals surface area contributed by atoms with E-state index < -0.39 is 12.0 Å². The molecule has 3 aromatic rings. The van der Waals surface area contributed by atoms with E-state index in [0.29, 0.717) is 22.8 Å². The van der Waals surface area contributed by atoms with E-state index in [2.05, 4.69) is 61.0 Å². The molecule has 1 fully saturated rings. The molecule has 0 aliphatic carbocycles. The summed E-state index contributed by atoms with van der Waals surface area (Å²) in [5.41, 5.74) is 3.73. The normalized spacial score (nSPS) is 15.6.